The van der Waals surface area contributed by atoms with E-state index in [0.717, 1.165) is 25.7 Å². The van der Waals surface area contributed by atoms with Crippen molar-refractivity contribution in [3.8, 4) is 17.2 Å². The van der Waals surface area contributed by atoms with Crippen molar-refractivity contribution in [1.82, 2.24) is 15.1 Å². The van der Waals surface area contributed by atoms with E-state index in [2.05, 4.69) is 10.2 Å². The van der Waals surface area contributed by atoms with Crippen molar-refractivity contribution in [2.45, 2.75) is 32.1 Å². The fraction of sp³-hybridized carbons (Fsp3) is 0.421. The van der Waals surface area contributed by atoms with Crippen LogP contribution in [0.25, 0.3) is 11.5 Å². The largest absolute Gasteiger partial charge is 0.426 e. The average Bonchev–Trinajstić information content (AvgIpc) is 3.30. The van der Waals surface area contributed by atoms with Gasteiger partial charge in [-0.3, -0.25) is 19.3 Å². The normalized spacial score (nSPS) is 22.0. The molecule has 1 aromatic heterocycles. The summed E-state index contributed by atoms with van der Waals surface area (Å²) in [5.74, 6) is -0.408. The smallest absolute Gasteiger partial charge is 0.312 e. The second-order valence-corrected chi connectivity index (χ2v) is 6.82. The molecule has 2 heterocycles. The van der Waals surface area contributed by atoms with Gasteiger partial charge in [0, 0.05) is 12.1 Å². The molecule has 2 fully saturated rings. The Labute approximate surface area is 155 Å². The highest BCUT2D eigenvalue weighted by molar-refractivity contribution is 6.05. The van der Waals surface area contributed by atoms with Crippen LogP contribution in [0.15, 0.2) is 35.1 Å². The molecular weight excluding hydrogens is 350 g/mol. The van der Waals surface area contributed by atoms with Crippen molar-refractivity contribution < 1.29 is 23.5 Å². The molecule has 0 radical (unpaired) electrons. The van der Waals surface area contributed by atoms with Gasteiger partial charge in [-0.1, -0.05) is 12.8 Å². The van der Waals surface area contributed by atoms with Gasteiger partial charge in [-0.25, -0.2) is 0 Å². The van der Waals surface area contributed by atoms with Gasteiger partial charge in [0.2, 0.25) is 24.1 Å². The molecule has 0 unspecified atom stereocenters. The Morgan fingerprint density at radius 2 is 1.78 bits per heavy atom. The minimum atomic E-state index is -0.490. The van der Waals surface area contributed by atoms with Crippen LogP contribution in [0, 0.1) is 11.8 Å². The maximum atomic E-state index is 12.4. The van der Waals surface area contributed by atoms with E-state index >= 15 is 0 Å². The van der Waals surface area contributed by atoms with E-state index in [1.807, 2.05) is 0 Å². The van der Waals surface area contributed by atoms with Crippen LogP contribution in [0.4, 0.5) is 0 Å². The van der Waals surface area contributed by atoms with Gasteiger partial charge in [0.05, 0.1) is 18.3 Å². The zero-order valence-corrected chi connectivity index (χ0v) is 14.7. The van der Waals surface area contributed by atoms with Crippen LogP contribution >= 0.6 is 0 Å². The monoisotopic (exact) mass is 369 g/mol. The SMILES string of the molecule is O=C(CCN1C(=O)[C@@H]2CCCC[C@H]2C1=O)Oc1ccc(-c2nnco2)cc1. The third-order valence-corrected chi connectivity index (χ3v) is 5.16. The predicted molar refractivity (Wildman–Crippen MR) is 92.2 cm³/mol. The van der Waals surface area contributed by atoms with Crippen molar-refractivity contribution in [2.75, 3.05) is 6.54 Å². The number of hydrogen-bond acceptors (Lipinski definition) is 7. The first kappa shape index (κ1) is 17.4. The lowest BCUT2D eigenvalue weighted by molar-refractivity contribution is -0.141. The van der Waals surface area contributed by atoms with E-state index in [1.165, 1.54) is 11.3 Å². The molecule has 1 saturated heterocycles. The van der Waals surface area contributed by atoms with Crippen molar-refractivity contribution >= 4 is 17.8 Å². The summed E-state index contributed by atoms with van der Waals surface area (Å²) < 4.78 is 10.4. The highest BCUT2D eigenvalue weighted by Crippen LogP contribution is 2.38. The molecule has 27 heavy (non-hydrogen) atoms. The predicted octanol–water partition coefficient (Wildman–Crippen LogP) is 2.21. The fourth-order valence-electron chi connectivity index (χ4n) is 3.80. The van der Waals surface area contributed by atoms with Crippen LogP contribution in [0.1, 0.15) is 32.1 Å². The van der Waals surface area contributed by atoms with E-state index in [-0.39, 0.29) is 36.6 Å². The van der Waals surface area contributed by atoms with Crippen molar-refractivity contribution in [3.05, 3.63) is 30.7 Å². The van der Waals surface area contributed by atoms with E-state index in [1.54, 1.807) is 24.3 Å². The van der Waals surface area contributed by atoms with Crippen LogP contribution in [-0.2, 0) is 14.4 Å². The van der Waals surface area contributed by atoms with E-state index < -0.39 is 5.97 Å². The van der Waals surface area contributed by atoms with Crippen LogP contribution < -0.4 is 4.74 Å². The van der Waals surface area contributed by atoms with Crippen LogP contribution in [0.5, 0.6) is 5.75 Å². The molecule has 1 aliphatic carbocycles. The van der Waals surface area contributed by atoms with Gasteiger partial charge >= 0.3 is 5.97 Å². The summed E-state index contributed by atoms with van der Waals surface area (Å²) in [5, 5.41) is 7.41. The van der Waals surface area contributed by atoms with Crippen molar-refractivity contribution in [3.63, 3.8) is 0 Å². The lowest BCUT2D eigenvalue weighted by atomic mass is 9.81. The molecule has 2 aliphatic rings. The third kappa shape index (κ3) is 3.47. The number of aromatic nitrogens is 2. The number of carbonyl (C=O) groups is 3. The van der Waals surface area contributed by atoms with Gasteiger partial charge in [-0.2, -0.15) is 0 Å². The second-order valence-electron chi connectivity index (χ2n) is 6.82. The highest BCUT2D eigenvalue weighted by atomic mass is 16.5. The van der Waals surface area contributed by atoms with E-state index in [0.29, 0.717) is 17.2 Å². The van der Waals surface area contributed by atoms with Gasteiger partial charge in [0.15, 0.2) is 0 Å². The number of imide groups is 1. The zero-order chi connectivity index (χ0) is 18.8. The molecule has 0 spiro atoms. The Kier molecular flexibility index (Phi) is 4.70. The van der Waals surface area contributed by atoms with E-state index in [4.69, 9.17) is 9.15 Å². The molecule has 8 heteroatoms. The van der Waals surface area contributed by atoms with Crippen molar-refractivity contribution in [1.29, 1.82) is 0 Å². The maximum Gasteiger partial charge on any atom is 0.312 e. The minimum absolute atomic E-state index is 0.0255. The molecule has 4 rings (SSSR count). The molecule has 1 saturated carbocycles. The molecule has 8 nitrogen and oxygen atoms in total. The number of fused-ring (bicyclic) bond motifs is 1. The van der Waals surface area contributed by atoms with Crippen LogP contribution in [0.3, 0.4) is 0 Å². The molecule has 0 bridgehead atoms. The van der Waals surface area contributed by atoms with Gasteiger partial charge in [-0.15, -0.1) is 10.2 Å². The van der Waals surface area contributed by atoms with E-state index in [9.17, 15) is 14.4 Å². The standard InChI is InChI=1S/C19H19N3O5/c23-16(27-13-7-5-12(6-8-13)17-21-20-11-26-17)9-10-22-18(24)14-3-1-2-4-15(14)19(22)25/h5-8,11,14-15H,1-4,9-10H2/t14-,15-/m1/s1. The van der Waals surface area contributed by atoms with Gasteiger partial charge in [0.25, 0.3) is 0 Å². The first-order chi connectivity index (χ1) is 13.1. The third-order valence-electron chi connectivity index (χ3n) is 5.16. The summed E-state index contributed by atoms with van der Waals surface area (Å²) in [6.07, 6.45) is 4.71. The number of hydrogen-bond donors (Lipinski definition) is 0. The Hall–Kier alpha value is -3.03. The molecule has 2 aromatic rings. The average molecular weight is 369 g/mol. The van der Waals surface area contributed by atoms with Crippen LogP contribution in [0.2, 0.25) is 0 Å². The Morgan fingerprint density at radius 3 is 2.37 bits per heavy atom. The molecular formula is C19H19N3O5. The summed E-state index contributed by atoms with van der Waals surface area (Å²) in [4.78, 5) is 38.1. The first-order valence-electron chi connectivity index (χ1n) is 9.06. The summed E-state index contributed by atoms with van der Waals surface area (Å²) in [6.45, 7) is 0.0730. The Balaban J connectivity index is 1.32. The number of benzene rings is 1. The first-order valence-corrected chi connectivity index (χ1v) is 9.06. The van der Waals surface area contributed by atoms with Gasteiger partial charge in [0.1, 0.15) is 5.75 Å². The molecule has 1 aliphatic heterocycles. The molecule has 0 N–H and O–H groups in total. The number of carbonyl (C=O) groups excluding carboxylic acids is 3. The maximum absolute atomic E-state index is 12.4. The summed E-state index contributed by atoms with van der Waals surface area (Å²) >= 11 is 0. The number of rotatable bonds is 5. The van der Waals surface area contributed by atoms with Gasteiger partial charge < -0.3 is 9.15 Å². The molecule has 140 valence electrons. The van der Waals surface area contributed by atoms with Gasteiger partial charge in [-0.05, 0) is 37.1 Å². The number of nitrogens with zero attached hydrogens (tertiary/aromatic N) is 3. The molecule has 1 aromatic carbocycles. The summed E-state index contributed by atoms with van der Waals surface area (Å²) in [6, 6.07) is 6.65. The lowest BCUT2D eigenvalue weighted by Crippen LogP contribution is -2.33. The number of esters is 1. The Bertz CT molecular complexity index is 823. The number of likely N-dealkylation sites (tertiary alicyclic amines) is 1. The molecule has 2 amide bonds. The number of ether oxygens (including phenoxy) is 1. The van der Waals surface area contributed by atoms with Crippen molar-refractivity contribution in [2.24, 2.45) is 11.8 Å². The quantitative estimate of drug-likeness (QED) is 0.452. The zero-order valence-electron chi connectivity index (χ0n) is 14.7. The van der Waals surface area contributed by atoms with Crippen LogP contribution in [-0.4, -0.2) is 39.4 Å². The Morgan fingerprint density at radius 1 is 1.11 bits per heavy atom. The summed E-state index contributed by atoms with van der Waals surface area (Å²) in [5.41, 5.74) is 0.711. The second kappa shape index (κ2) is 7.30. The summed E-state index contributed by atoms with van der Waals surface area (Å²) in [7, 11) is 0. The fourth-order valence-corrected chi connectivity index (χ4v) is 3.80. The highest BCUT2D eigenvalue weighted by Gasteiger charge is 2.47. The minimum Gasteiger partial charge on any atom is -0.426 e. The molecule has 2 atom stereocenters. The lowest BCUT2D eigenvalue weighted by Gasteiger charge is -2.19. The topological polar surface area (TPSA) is 103 Å². The number of amides is 2.